The Morgan fingerprint density at radius 3 is 1.96 bits per heavy atom. The Bertz CT molecular complexity index is 780. The number of halogens is 3. The molecule has 0 fully saturated rings. The van der Waals surface area contributed by atoms with Gasteiger partial charge in [-0.1, -0.05) is 37.0 Å². The monoisotopic (exact) mass is 395 g/mol. The Morgan fingerprint density at radius 2 is 1.64 bits per heavy atom. The summed E-state index contributed by atoms with van der Waals surface area (Å²) in [5.41, 5.74) is -5.47. The number of carbonyl (C=O) groups excluding carboxylic acids is 1. The molecule has 0 heterocycles. The van der Waals surface area contributed by atoms with Crippen molar-refractivity contribution in [3.8, 4) is 0 Å². The van der Waals surface area contributed by atoms with E-state index < -0.39 is 67.2 Å². The molecule has 0 aliphatic rings. The average molecular weight is 396 g/mol. The standard InChI is InChI=1S/C14H12Cl2FNO7/c1-3-5-6(7(15)10(18(24)25)8(16)9(5)17)11(19)14(4-2,12(20)21)13(22)23/h3-4H2,1-2H3,(H,20,21)(H,22,23). The van der Waals surface area contributed by atoms with Gasteiger partial charge in [0.15, 0.2) is 16.6 Å². The third-order valence-corrected chi connectivity index (χ3v) is 4.52. The van der Waals surface area contributed by atoms with Crippen molar-refractivity contribution in [1.29, 1.82) is 0 Å². The molecular weight excluding hydrogens is 384 g/mol. The van der Waals surface area contributed by atoms with E-state index in [0.717, 1.165) is 6.92 Å². The zero-order valence-electron chi connectivity index (χ0n) is 12.9. The second kappa shape index (κ2) is 7.32. The van der Waals surface area contributed by atoms with Gasteiger partial charge >= 0.3 is 17.6 Å². The lowest BCUT2D eigenvalue weighted by molar-refractivity contribution is -0.384. The molecule has 1 rings (SSSR count). The van der Waals surface area contributed by atoms with Crippen LogP contribution in [0.4, 0.5) is 10.1 Å². The van der Waals surface area contributed by atoms with Crippen molar-refractivity contribution < 1.29 is 33.9 Å². The Morgan fingerprint density at radius 1 is 1.16 bits per heavy atom. The third-order valence-electron chi connectivity index (χ3n) is 3.81. The summed E-state index contributed by atoms with van der Waals surface area (Å²) >= 11 is 11.4. The van der Waals surface area contributed by atoms with Crippen LogP contribution in [0.25, 0.3) is 0 Å². The van der Waals surface area contributed by atoms with Crippen molar-refractivity contribution >= 4 is 46.6 Å². The summed E-state index contributed by atoms with van der Waals surface area (Å²) < 4.78 is 14.4. The second-order valence-electron chi connectivity index (χ2n) is 4.95. The summed E-state index contributed by atoms with van der Waals surface area (Å²) in [6.07, 6.45) is -0.919. The summed E-state index contributed by atoms with van der Waals surface area (Å²) in [6, 6.07) is 0. The highest BCUT2D eigenvalue weighted by Gasteiger charge is 2.54. The molecule has 25 heavy (non-hydrogen) atoms. The SMILES string of the molecule is CCc1c(F)c(Cl)c([N+](=O)[O-])c(Cl)c1C(=O)C(CC)(C(=O)O)C(=O)O. The molecule has 0 amide bonds. The topological polar surface area (TPSA) is 135 Å². The van der Waals surface area contributed by atoms with Crippen molar-refractivity contribution in [3.63, 3.8) is 0 Å². The summed E-state index contributed by atoms with van der Waals surface area (Å²) in [4.78, 5) is 45.7. The van der Waals surface area contributed by atoms with Gasteiger partial charge in [0, 0.05) is 5.56 Å². The van der Waals surface area contributed by atoms with E-state index >= 15 is 0 Å². The Hall–Kier alpha value is -2.26. The zero-order chi connectivity index (χ0) is 19.7. The highest BCUT2D eigenvalue weighted by Crippen LogP contribution is 2.43. The van der Waals surface area contributed by atoms with E-state index in [0.29, 0.717) is 0 Å². The molecule has 0 aliphatic heterocycles. The van der Waals surface area contributed by atoms with Crippen molar-refractivity contribution in [3.05, 3.63) is 37.1 Å². The van der Waals surface area contributed by atoms with Crippen LogP contribution in [-0.2, 0) is 16.0 Å². The van der Waals surface area contributed by atoms with Crippen molar-refractivity contribution in [2.24, 2.45) is 5.41 Å². The molecule has 0 unspecified atom stereocenters. The van der Waals surface area contributed by atoms with Gasteiger partial charge in [0.1, 0.15) is 5.02 Å². The van der Waals surface area contributed by atoms with E-state index in [1.807, 2.05) is 0 Å². The second-order valence-corrected chi connectivity index (χ2v) is 5.71. The lowest BCUT2D eigenvalue weighted by atomic mass is 9.76. The van der Waals surface area contributed by atoms with Crippen LogP contribution >= 0.6 is 23.2 Å². The Kier molecular flexibility index (Phi) is 6.09. The van der Waals surface area contributed by atoms with Crippen LogP contribution < -0.4 is 0 Å². The van der Waals surface area contributed by atoms with Crippen molar-refractivity contribution in [1.82, 2.24) is 0 Å². The normalized spacial score (nSPS) is 11.2. The molecule has 0 spiro atoms. The number of carboxylic acid groups (broad SMARTS) is 2. The number of nitro benzene ring substituents is 1. The molecule has 11 heteroatoms. The minimum Gasteiger partial charge on any atom is -0.480 e. The predicted octanol–water partition coefficient (Wildman–Crippen LogP) is 3.35. The molecule has 0 bridgehead atoms. The number of benzene rings is 1. The van der Waals surface area contributed by atoms with Gasteiger partial charge < -0.3 is 10.2 Å². The molecule has 1 aromatic rings. The zero-order valence-corrected chi connectivity index (χ0v) is 14.4. The third kappa shape index (κ3) is 3.05. The van der Waals surface area contributed by atoms with Gasteiger partial charge in [0.05, 0.1) is 10.5 Å². The van der Waals surface area contributed by atoms with Gasteiger partial charge in [0.2, 0.25) is 5.41 Å². The number of aliphatic carboxylic acids is 2. The quantitative estimate of drug-likeness (QED) is 0.237. The van der Waals surface area contributed by atoms with Crippen LogP contribution in [0.5, 0.6) is 0 Å². The Labute approximate surface area is 150 Å². The van der Waals surface area contributed by atoms with Gasteiger partial charge in [-0.3, -0.25) is 24.5 Å². The van der Waals surface area contributed by atoms with Gasteiger partial charge in [-0.25, -0.2) is 4.39 Å². The van der Waals surface area contributed by atoms with Crippen LogP contribution in [0.15, 0.2) is 0 Å². The van der Waals surface area contributed by atoms with E-state index in [1.165, 1.54) is 6.92 Å². The van der Waals surface area contributed by atoms with Crippen LogP contribution in [0.1, 0.15) is 36.2 Å². The van der Waals surface area contributed by atoms with E-state index in [-0.39, 0.29) is 6.42 Å². The fraction of sp³-hybridized carbons (Fsp3) is 0.357. The molecule has 1 aromatic carbocycles. The number of nitrogens with zero attached hydrogens (tertiary/aromatic N) is 1. The predicted molar refractivity (Wildman–Crippen MR) is 84.8 cm³/mol. The fourth-order valence-electron chi connectivity index (χ4n) is 2.38. The van der Waals surface area contributed by atoms with E-state index in [1.54, 1.807) is 0 Å². The minimum atomic E-state index is -2.97. The van der Waals surface area contributed by atoms with Crippen LogP contribution in [0.3, 0.4) is 0 Å². The number of carboxylic acids is 2. The van der Waals surface area contributed by atoms with Crippen LogP contribution in [-0.4, -0.2) is 32.9 Å². The largest absolute Gasteiger partial charge is 0.480 e. The summed E-state index contributed by atoms with van der Waals surface area (Å²) in [5.74, 6) is -6.88. The van der Waals surface area contributed by atoms with Crippen LogP contribution in [0.2, 0.25) is 10.0 Å². The van der Waals surface area contributed by atoms with Crippen molar-refractivity contribution in [2.45, 2.75) is 26.7 Å². The maximum Gasteiger partial charge on any atom is 0.329 e. The number of ketones is 1. The van der Waals surface area contributed by atoms with Crippen molar-refractivity contribution in [2.75, 3.05) is 0 Å². The number of hydrogen-bond acceptors (Lipinski definition) is 5. The molecular formula is C14H12Cl2FNO7. The van der Waals surface area contributed by atoms with E-state index in [9.17, 15) is 39.1 Å². The smallest absolute Gasteiger partial charge is 0.329 e. The first-order chi connectivity index (χ1) is 11.5. The number of rotatable bonds is 7. The summed E-state index contributed by atoms with van der Waals surface area (Å²) in [6.45, 7) is 2.49. The van der Waals surface area contributed by atoms with E-state index in [4.69, 9.17) is 23.2 Å². The average Bonchev–Trinajstić information content (AvgIpc) is 2.50. The van der Waals surface area contributed by atoms with Gasteiger partial charge in [-0.2, -0.15) is 0 Å². The first-order valence-electron chi connectivity index (χ1n) is 6.84. The highest BCUT2D eigenvalue weighted by atomic mass is 35.5. The Balaban J connectivity index is 4.00. The molecule has 0 atom stereocenters. The molecule has 0 saturated heterocycles. The highest BCUT2D eigenvalue weighted by molar-refractivity contribution is 6.42. The van der Waals surface area contributed by atoms with Gasteiger partial charge in [-0.15, -0.1) is 0 Å². The number of Topliss-reactive ketones (excluding diaryl/α,β-unsaturated/α-hetero) is 1. The maximum atomic E-state index is 14.4. The molecule has 0 radical (unpaired) electrons. The molecule has 136 valence electrons. The summed E-state index contributed by atoms with van der Waals surface area (Å²) in [7, 11) is 0. The number of nitro groups is 1. The van der Waals surface area contributed by atoms with Gasteiger partial charge in [-0.05, 0) is 12.8 Å². The minimum absolute atomic E-state index is 0.233. The molecule has 0 aliphatic carbocycles. The molecule has 0 saturated carbocycles. The van der Waals surface area contributed by atoms with E-state index in [2.05, 4.69) is 0 Å². The molecule has 2 N–H and O–H groups in total. The lowest BCUT2D eigenvalue weighted by Crippen LogP contribution is -2.46. The number of carbonyl (C=O) groups is 3. The summed E-state index contributed by atoms with van der Waals surface area (Å²) in [5, 5.41) is 27.8. The van der Waals surface area contributed by atoms with Crippen LogP contribution in [0, 0.1) is 21.3 Å². The van der Waals surface area contributed by atoms with Gasteiger partial charge in [0.25, 0.3) is 0 Å². The maximum absolute atomic E-state index is 14.4. The number of hydrogen-bond donors (Lipinski definition) is 2. The first kappa shape index (κ1) is 20.8. The molecule has 8 nitrogen and oxygen atoms in total. The lowest BCUT2D eigenvalue weighted by Gasteiger charge is -2.24. The molecule has 0 aromatic heterocycles. The first-order valence-corrected chi connectivity index (χ1v) is 7.59. The fourth-order valence-corrected chi connectivity index (χ4v) is 3.07.